The summed E-state index contributed by atoms with van der Waals surface area (Å²) in [5.74, 6) is -3.68. The van der Waals surface area contributed by atoms with E-state index in [1.807, 2.05) is 0 Å². The number of halogens is 2. The molecule has 2 rings (SSSR count). The van der Waals surface area contributed by atoms with Crippen molar-refractivity contribution < 1.29 is 27.1 Å². The third kappa shape index (κ3) is 2.66. The Kier molecular flexibility index (Phi) is 4.05. The number of sulfonamides is 1. The number of carboxylic acid groups (broad SMARTS) is 1. The van der Waals surface area contributed by atoms with Crippen LogP contribution in [0.2, 0.25) is 0 Å². The van der Waals surface area contributed by atoms with Gasteiger partial charge in [0.2, 0.25) is 10.0 Å². The number of benzene rings is 1. The van der Waals surface area contributed by atoms with Gasteiger partial charge in [-0.05, 0) is 37.5 Å². The quantitative estimate of drug-likeness (QED) is 0.920. The third-order valence-corrected chi connectivity index (χ3v) is 5.14. The van der Waals surface area contributed by atoms with Gasteiger partial charge in [0.25, 0.3) is 0 Å². The normalized spacial score (nSPS) is 20.8. The molecule has 1 saturated heterocycles. The van der Waals surface area contributed by atoms with Crippen LogP contribution in [0.15, 0.2) is 23.1 Å². The van der Waals surface area contributed by atoms with Gasteiger partial charge < -0.3 is 5.11 Å². The van der Waals surface area contributed by atoms with Gasteiger partial charge in [0.05, 0.1) is 4.90 Å². The second-order valence-electron chi connectivity index (χ2n) is 4.54. The topological polar surface area (TPSA) is 74.7 Å². The van der Waals surface area contributed by atoms with E-state index in [4.69, 9.17) is 5.11 Å². The molecule has 0 amide bonds. The highest BCUT2D eigenvalue weighted by Crippen LogP contribution is 2.26. The van der Waals surface area contributed by atoms with Crippen molar-refractivity contribution in [2.24, 2.45) is 0 Å². The van der Waals surface area contributed by atoms with E-state index in [1.54, 1.807) is 0 Å². The number of rotatable bonds is 3. The Morgan fingerprint density at radius 3 is 2.55 bits per heavy atom. The maximum atomic E-state index is 13.2. The van der Waals surface area contributed by atoms with Gasteiger partial charge in [0.15, 0.2) is 11.6 Å². The van der Waals surface area contributed by atoms with Crippen LogP contribution in [0.25, 0.3) is 0 Å². The van der Waals surface area contributed by atoms with Crippen molar-refractivity contribution in [3.63, 3.8) is 0 Å². The Morgan fingerprint density at radius 2 is 1.95 bits per heavy atom. The second kappa shape index (κ2) is 5.45. The molecule has 0 aliphatic carbocycles. The van der Waals surface area contributed by atoms with Gasteiger partial charge in [0, 0.05) is 6.54 Å². The maximum Gasteiger partial charge on any atom is 0.322 e. The maximum absolute atomic E-state index is 13.2. The monoisotopic (exact) mass is 305 g/mol. The average molecular weight is 305 g/mol. The molecule has 5 nitrogen and oxygen atoms in total. The van der Waals surface area contributed by atoms with E-state index < -0.39 is 38.6 Å². The van der Waals surface area contributed by atoms with Crippen LogP contribution in [0, 0.1) is 11.6 Å². The highest BCUT2D eigenvalue weighted by atomic mass is 32.2. The first-order valence-corrected chi connectivity index (χ1v) is 7.48. The summed E-state index contributed by atoms with van der Waals surface area (Å²) in [6.07, 6.45) is 1.35. The van der Waals surface area contributed by atoms with Gasteiger partial charge in [-0.2, -0.15) is 4.31 Å². The van der Waals surface area contributed by atoms with Gasteiger partial charge in [-0.3, -0.25) is 4.79 Å². The SMILES string of the molecule is O=C(O)C1CCCCN1S(=O)(=O)c1ccc(F)c(F)c1. The van der Waals surface area contributed by atoms with Crippen molar-refractivity contribution in [3.05, 3.63) is 29.8 Å². The molecule has 0 bridgehead atoms. The number of carbonyl (C=O) groups is 1. The summed E-state index contributed by atoms with van der Waals surface area (Å²) in [6, 6.07) is 1.04. The minimum absolute atomic E-state index is 0.0539. The number of nitrogens with zero attached hydrogens (tertiary/aromatic N) is 1. The Hall–Kier alpha value is -1.54. The first kappa shape index (κ1) is 14.9. The Labute approximate surface area is 114 Å². The molecule has 1 aliphatic rings. The van der Waals surface area contributed by atoms with Crippen LogP contribution in [-0.2, 0) is 14.8 Å². The second-order valence-corrected chi connectivity index (χ2v) is 6.43. The molecule has 1 fully saturated rings. The van der Waals surface area contributed by atoms with E-state index >= 15 is 0 Å². The predicted octanol–water partition coefficient (Wildman–Crippen LogP) is 1.59. The minimum atomic E-state index is -4.15. The number of aliphatic carboxylic acids is 1. The Balaban J connectivity index is 2.42. The number of carboxylic acids is 1. The van der Waals surface area contributed by atoms with Crippen LogP contribution in [0.4, 0.5) is 8.78 Å². The van der Waals surface area contributed by atoms with Gasteiger partial charge in [-0.25, -0.2) is 17.2 Å². The molecule has 0 saturated carbocycles. The molecule has 1 atom stereocenters. The number of piperidine rings is 1. The molecule has 0 spiro atoms. The number of hydrogen-bond acceptors (Lipinski definition) is 3. The standard InChI is InChI=1S/C12H13F2NO4S/c13-9-5-4-8(7-10(9)14)20(18,19)15-6-2-1-3-11(15)12(16)17/h4-5,7,11H,1-3,6H2,(H,16,17). The molecule has 1 aromatic carbocycles. The van der Waals surface area contributed by atoms with Crippen LogP contribution in [0.3, 0.4) is 0 Å². The van der Waals surface area contributed by atoms with Crippen molar-refractivity contribution >= 4 is 16.0 Å². The summed E-state index contributed by atoms with van der Waals surface area (Å²) < 4.78 is 51.5. The zero-order chi connectivity index (χ0) is 14.9. The summed E-state index contributed by atoms with van der Waals surface area (Å²) in [5, 5.41) is 9.08. The van der Waals surface area contributed by atoms with E-state index in [1.165, 1.54) is 0 Å². The lowest BCUT2D eigenvalue weighted by atomic mass is 10.1. The van der Waals surface area contributed by atoms with Crippen molar-refractivity contribution in [3.8, 4) is 0 Å². The summed E-state index contributed by atoms with van der Waals surface area (Å²) in [4.78, 5) is 10.7. The molecule has 1 heterocycles. The zero-order valence-electron chi connectivity index (χ0n) is 10.4. The summed E-state index contributed by atoms with van der Waals surface area (Å²) in [5.41, 5.74) is 0. The molecular formula is C12H13F2NO4S. The van der Waals surface area contributed by atoms with E-state index in [2.05, 4.69) is 0 Å². The molecule has 1 unspecified atom stereocenters. The molecule has 1 N–H and O–H groups in total. The fourth-order valence-electron chi connectivity index (χ4n) is 2.21. The average Bonchev–Trinajstić information content (AvgIpc) is 2.41. The zero-order valence-corrected chi connectivity index (χ0v) is 11.2. The highest BCUT2D eigenvalue weighted by molar-refractivity contribution is 7.89. The van der Waals surface area contributed by atoms with Crippen LogP contribution in [0.5, 0.6) is 0 Å². The summed E-state index contributed by atoms with van der Waals surface area (Å²) in [6.45, 7) is 0.0539. The van der Waals surface area contributed by atoms with E-state index in [9.17, 15) is 22.0 Å². The van der Waals surface area contributed by atoms with Crippen LogP contribution >= 0.6 is 0 Å². The van der Waals surface area contributed by atoms with Crippen molar-refractivity contribution in [2.75, 3.05) is 6.54 Å². The fraction of sp³-hybridized carbons (Fsp3) is 0.417. The molecule has 1 aliphatic heterocycles. The van der Waals surface area contributed by atoms with Crippen LogP contribution < -0.4 is 0 Å². The minimum Gasteiger partial charge on any atom is -0.480 e. The first-order valence-electron chi connectivity index (χ1n) is 6.04. The van der Waals surface area contributed by atoms with E-state index in [-0.39, 0.29) is 13.0 Å². The van der Waals surface area contributed by atoms with Gasteiger partial charge in [0.1, 0.15) is 6.04 Å². The fourth-order valence-corrected chi connectivity index (χ4v) is 3.88. The van der Waals surface area contributed by atoms with Crippen LogP contribution in [-0.4, -0.2) is 36.4 Å². The van der Waals surface area contributed by atoms with Crippen molar-refractivity contribution in [1.82, 2.24) is 4.31 Å². The van der Waals surface area contributed by atoms with E-state index in [0.717, 1.165) is 10.4 Å². The summed E-state index contributed by atoms with van der Waals surface area (Å²) >= 11 is 0. The lowest BCUT2D eigenvalue weighted by molar-refractivity contribution is -0.142. The van der Waals surface area contributed by atoms with Crippen molar-refractivity contribution in [2.45, 2.75) is 30.2 Å². The molecule has 20 heavy (non-hydrogen) atoms. The Bertz CT molecular complexity index is 632. The lowest BCUT2D eigenvalue weighted by Gasteiger charge is -2.31. The van der Waals surface area contributed by atoms with Crippen molar-refractivity contribution in [1.29, 1.82) is 0 Å². The molecule has 0 aromatic heterocycles. The molecule has 8 heteroatoms. The summed E-state index contributed by atoms with van der Waals surface area (Å²) in [7, 11) is -4.15. The number of hydrogen-bond donors (Lipinski definition) is 1. The third-order valence-electron chi connectivity index (χ3n) is 3.24. The highest BCUT2D eigenvalue weighted by Gasteiger charge is 2.37. The molecule has 0 radical (unpaired) electrons. The smallest absolute Gasteiger partial charge is 0.322 e. The van der Waals surface area contributed by atoms with Gasteiger partial charge >= 0.3 is 5.97 Å². The molecule has 1 aromatic rings. The molecule has 110 valence electrons. The molecular weight excluding hydrogens is 292 g/mol. The predicted molar refractivity (Wildman–Crippen MR) is 65.5 cm³/mol. The Morgan fingerprint density at radius 1 is 1.25 bits per heavy atom. The van der Waals surface area contributed by atoms with Gasteiger partial charge in [-0.15, -0.1) is 0 Å². The largest absolute Gasteiger partial charge is 0.480 e. The van der Waals surface area contributed by atoms with E-state index in [0.29, 0.717) is 25.0 Å². The lowest BCUT2D eigenvalue weighted by Crippen LogP contribution is -2.47. The van der Waals surface area contributed by atoms with Crippen LogP contribution in [0.1, 0.15) is 19.3 Å². The van der Waals surface area contributed by atoms with Gasteiger partial charge in [-0.1, -0.05) is 0 Å². The first-order chi connectivity index (χ1) is 9.34.